The molecule has 0 radical (unpaired) electrons. The van der Waals surface area contributed by atoms with E-state index in [1.807, 2.05) is 33.8 Å². The van der Waals surface area contributed by atoms with Gasteiger partial charge in [-0.05, 0) is 24.5 Å². The predicted molar refractivity (Wildman–Crippen MR) is 87.3 cm³/mol. The van der Waals surface area contributed by atoms with Gasteiger partial charge in [0.2, 0.25) is 11.8 Å². The Hall–Kier alpha value is -2.70. The minimum atomic E-state index is -0.399. The summed E-state index contributed by atoms with van der Waals surface area (Å²) in [6.07, 6.45) is 5.33. The van der Waals surface area contributed by atoms with Crippen molar-refractivity contribution in [2.75, 3.05) is 18.4 Å². The Balaban J connectivity index is 1.56. The molecule has 24 heavy (non-hydrogen) atoms. The van der Waals surface area contributed by atoms with Crippen LogP contribution in [-0.4, -0.2) is 44.6 Å². The maximum Gasteiger partial charge on any atom is 0.230 e. The molecule has 0 aliphatic carbocycles. The van der Waals surface area contributed by atoms with Gasteiger partial charge in [-0.1, -0.05) is 18.2 Å². The second kappa shape index (κ2) is 6.07. The number of carbonyl (C=O) groups excluding carboxylic acids is 2. The highest BCUT2D eigenvalue weighted by Gasteiger charge is 2.35. The van der Waals surface area contributed by atoms with Gasteiger partial charge in [-0.3, -0.25) is 9.59 Å². The molecule has 1 aromatic heterocycles. The first-order valence-electron chi connectivity index (χ1n) is 8.24. The Morgan fingerprint density at radius 1 is 1.29 bits per heavy atom. The molecular weight excluding hydrogens is 306 g/mol. The van der Waals surface area contributed by atoms with Crippen LogP contribution in [-0.2, 0) is 9.59 Å². The fourth-order valence-corrected chi connectivity index (χ4v) is 3.63. The summed E-state index contributed by atoms with van der Waals surface area (Å²) in [4.78, 5) is 30.9. The van der Waals surface area contributed by atoms with Crippen molar-refractivity contribution in [3.05, 3.63) is 42.5 Å². The molecule has 124 valence electrons. The van der Waals surface area contributed by atoms with Crippen LogP contribution < -0.4 is 5.32 Å². The van der Waals surface area contributed by atoms with Crippen LogP contribution in [0.5, 0.6) is 0 Å². The molecule has 0 bridgehead atoms. The smallest absolute Gasteiger partial charge is 0.230 e. The van der Waals surface area contributed by atoms with E-state index < -0.39 is 5.92 Å². The van der Waals surface area contributed by atoms with E-state index in [9.17, 15) is 9.59 Å². The number of para-hydroxylation sites is 1. The van der Waals surface area contributed by atoms with E-state index in [1.54, 1.807) is 6.33 Å². The Kier molecular flexibility index (Phi) is 3.76. The average molecular weight is 325 g/mol. The minimum Gasteiger partial charge on any atom is -0.340 e. The number of hydrogen-bond acceptors (Lipinski definition) is 4. The molecule has 0 saturated carbocycles. The second-order valence-corrected chi connectivity index (χ2v) is 6.35. The summed E-state index contributed by atoms with van der Waals surface area (Å²) in [5.41, 5.74) is 1.65. The summed E-state index contributed by atoms with van der Waals surface area (Å²) < 4.78 is 1.82. The first-order valence-corrected chi connectivity index (χ1v) is 8.24. The lowest BCUT2D eigenvalue weighted by atomic mass is 9.88. The molecule has 1 N–H and O–H groups in total. The summed E-state index contributed by atoms with van der Waals surface area (Å²) in [5, 5.41) is 7.04. The van der Waals surface area contributed by atoms with E-state index >= 15 is 0 Å². The lowest BCUT2D eigenvalue weighted by molar-refractivity contribution is -0.136. The van der Waals surface area contributed by atoms with E-state index in [4.69, 9.17) is 0 Å². The van der Waals surface area contributed by atoms with Crippen LogP contribution in [0.15, 0.2) is 36.9 Å². The van der Waals surface area contributed by atoms with Gasteiger partial charge in [-0.15, -0.1) is 0 Å². The number of piperidine rings is 1. The third-order valence-corrected chi connectivity index (χ3v) is 4.82. The van der Waals surface area contributed by atoms with E-state index in [0.717, 1.165) is 30.6 Å². The fraction of sp³-hybridized carbons (Fsp3) is 0.412. The lowest BCUT2D eigenvalue weighted by Crippen LogP contribution is -2.44. The molecule has 2 aromatic rings. The summed E-state index contributed by atoms with van der Waals surface area (Å²) in [6.45, 7) is 1.34. The van der Waals surface area contributed by atoms with Crippen LogP contribution in [0, 0.1) is 0 Å². The van der Waals surface area contributed by atoms with Crippen LogP contribution in [0.4, 0.5) is 5.69 Å². The predicted octanol–water partition coefficient (Wildman–Crippen LogP) is 1.57. The van der Waals surface area contributed by atoms with E-state index in [0.29, 0.717) is 6.54 Å². The number of benzene rings is 1. The zero-order valence-corrected chi connectivity index (χ0v) is 13.3. The van der Waals surface area contributed by atoms with Gasteiger partial charge >= 0.3 is 0 Å². The Morgan fingerprint density at radius 2 is 2.17 bits per heavy atom. The number of fused-ring (bicyclic) bond motifs is 1. The molecule has 1 fully saturated rings. The van der Waals surface area contributed by atoms with E-state index in [1.165, 1.54) is 6.33 Å². The highest BCUT2D eigenvalue weighted by molar-refractivity contribution is 6.01. The number of carbonyl (C=O) groups is 2. The number of amides is 2. The molecule has 7 nitrogen and oxygen atoms in total. The summed E-state index contributed by atoms with van der Waals surface area (Å²) in [7, 11) is 0. The molecule has 1 aromatic carbocycles. The van der Waals surface area contributed by atoms with Crippen LogP contribution >= 0.6 is 0 Å². The van der Waals surface area contributed by atoms with Gasteiger partial charge in [0.25, 0.3) is 0 Å². The van der Waals surface area contributed by atoms with Crippen molar-refractivity contribution < 1.29 is 9.59 Å². The third kappa shape index (κ3) is 2.66. The highest BCUT2D eigenvalue weighted by Crippen LogP contribution is 2.34. The van der Waals surface area contributed by atoms with Crippen LogP contribution in [0.2, 0.25) is 0 Å². The van der Waals surface area contributed by atoms with Gasteiger partial charge in [0.1, 0.15) is 12.7 Å². The SMILES string of the molecule is O=C1C[C@H](C(=O)N2CCC[C@@H](n3cncn3)C2)c2ccccc2N1. The standard InChI is InChI=1S/C17H19N5O2/c23-16-8-14(13-5-1-2-6-15(13)20-16)17(24)21-7-3-4-12(9-21)22-11-18-10-19-22/h1-2,5-6,10-12,14H,3-4,7-9H2,(H,20,23)/t12-,14+/m1/s1. The molecule has 1 saturated heterocycles. The van der Waals surface area contributed by atoms with E-state index in [-0.39, 0.29) is 24.3 Å². The van der Waals surface area contributed by atoms with Crippen LogP contribution in [0.3, 0.4) is 0 Å². The van der Waals surface area contributed by atoms with Gasteiger partial charge in [0, 0.05) is 25.2 Å². The molecule has 3 heterocycles. The molecule has 7 heteroatoms. The molecule has 2 aliphatic heterocycles. The Morgan fingerprint density at radius 3 is 3.00 bits per heavy atom. The van der Waals surface area contributed by atoms with Gasteiger partial charge < -0.3 is 10.2 Å². The van der Waals surface area contributed by atoms with Crippen LogP contribution in [0.25, 0.3) is 0 Å². The van der Waals surface area contributed by atoms with Crippen molar-refractivity contribution in [3.63, 3.8) is 0 Å². The largest absolute Gasteiger partial charge is 0.340 e. The number of nitrogens with one attached hydrogen (secondary N) is 1. The normalized spacial score (nSPS) is 23.5. The second-order valence-electron chi connectivity index (χ2n) is 6.35. The molecule has 0 unspecified atom stereocenters. The zero-order chi connectivity index (χ0) is 16.5. The summed E-state index contributed by atoms with van der Waals surface area (Å²) in [5.74, 6) is -0.469. The molecule has 2 aliphatic rings. The summed E-state index contributed by atoms with van der Waals surface area (Å²) >= 11 is 0. The fourth-order valence-electron chi connectivity index (χ4n) is 3.63. The van der Waals surface area contributed by atoms with Gasteiger partial charge in [0.05, 0.1) is 12.0 Å². The molecule has 2 atom stereocenters. The van der Waals surface area contributed by atoms with Crippen molar-refractivity contribution in [2.24, 2.45) is 0 Å². The maximum atomic E-state index is 13.1. The summed E-state index contributed by atoms with van der Waals surface area (Å²) in [6, 6.07) is 7.70. The monoisotopic (exact) mass is 325 g/mol. The van der Waals surface area contributed by atoms with Crippen molar-refractivity contribution >= 4 is 17.5 Å². The molecular formula is C17H19N5O2. The van der Waals surface area contributed by atoms with Gasteiger partial charge in [0.15, 0.2) is 0 Å². The highest BCUT2D eigenvalue weighted by atomic mass is 16.2. The van der Waals surface area contributed by atoms with Crippen molar-refractivity contribution in [1.82, 2.24) is 19.7 Å². The molecule has 4 rings (SSSR count). The number of aromatic nitrogens is 3. The average Bonchev–Trinajstić information content (AvgIpc) is 3.15. The Bertz CT molecular complexity index is 758. The van der Waals surface area contributed by atoms with E-state index in [2.05, 4.69) is 15.4 Å². The Labute approximate surface area is 139 Å². The number of anilines is 1. The van der Waals surface area contributed by atoms with Gasteiger partial charge in [-0.2, -0.15) is 5.10 Å². The topological polar surface area (TPSA) is 80.1 Å². The van der Waals surface area contributed by atoms with Crippen molar-refractivity contribution in [3.8, 4) is 0 Å². The third-order valence-electron chi connectivity index (χ3n) is 4.82. The van der Waals surface area contributed by atoms with Gasteiger partial charge in [-0.25, -0.2) is 9.67 Å². The molecule has 2 amide bonds. The lowest BCUT2D eigenvalue weighted by Gasteiger charge is -2.36. The molecule has 0 spiro atoms. The first-order chi connectivity index (χ1) is 11.7. The quantitative estimate of drug-likeness (QED) is 0.909. The van der Waals surface area contributed by atoms with Crippen molar-refractivity contribution in [1.29, 1.82) is 0 Å². The first kappa shape index (κ1) is 14.9. The zero-order valence-electron chi connectivity index (χ0n) is 13.3. The maximum absolute atomic E-state index is 13.1. The number of rotatable bonds is 2. The number of likely N-dealkylation sites (tertiary alicyclic amines) is 1. The minimum absolute atomic E-state index is 0.0297. The number of nitrogens with zero attached hydrogens (tertiary/aromatic N) is 4. The number of hydrogen-bond donors (Lipinski definition) is 1. The van der Waals surface area contributed by atoms with Crippen LogP contribution in [0.1, 0.15) is 36.8 Å². The van der Waals surface area contributed by atoms with Crippen molar-refractivity contribution in [2.45, 2.75) is 31.2 Å².